The van der Waals surface area contributed by atoms with E-state index in [0.717, 1.165) is 11.1 Å². The van der Waals surface area contributed by atoms with E-state index in [1.54, 1.807) is 18.2 Å². The molecule has 1 heterocycles. The first-order valence-corrected chi connectivity index (χ1v) is 6.68. The fraction of sp³-hybridized carbons (Fsp3) is 0.125. The smallest absolute Gasteiger partial charge is 0.258 e. The zero-order valence-electron chi connectivity index (χ0n) is 11.6. The van der Waals surface area contributed by atoms with E-state index in [2.05, 4.69) is 10.3 Å². The molecule has 3 rings (SSSR count). The van der Waals surface area contributed by atoms with E-state index >= 15 is 0 Å². The van der Waals surface area contributed by atoms with Gasteiger partial charge in [-0.25, -0.2) is 9.37 Å². The van der Waals surface area contributed by atoms with Gasteiger partial charge in [0.25, 0.3) is 5.91 Å². The zero-order valence-corrected chi connectivity index (χ0v) is 11.6. The van der Waals surface area contributed by atoms with Crippen molar-refractivity contribution in [1.82, 2.24) is 10.3 Å². The van der Waals surface area contributed by atoms with Gasteiger partial charge in [-0.05, 0) is 29.8 Å². The fourth-order valence-electron chi connectivity index (χ4n) is 1.97. The van der Waals surface area contributed by atoms with Crippen LogP contribution in [-0.4, -0.2) is 17.5 Å². The number of ether oxygens (including phenoxy) is 1. The number of para-hydroxylation sites is 1. The summed E-state index contributed by atoms with van der Waals surface area (Å²) in [6.45, 7) is 0.0849. The minimum atomic E-state index is -0.494. The first-order valence-electron chi connectivity index (χ1n) is 6.68. The van der Waals surface area contributed by atoms with Crippen LogP contribution in [-0.2, 0) is 11.3 Å². The van der Waals surface area contributed by atoms with Crippen LogP contribution in [0.15, 0.2) is 53.3 Å². The second-order valence-electron chi connectivity index (χ2n) is 4.65. The van der Waals surface area contributed by atoms with E-state index in [4.69, 9.17) is 9.15 Å². The van der Waals surface area contributed by atoms with Crippen LogP contribution in [0.3, 0.4) is 0 Å². The van der Waals surface area contributed by atoms with E-state index in [-0.39, 0.29) is 18.3 Å². The molecule has 0 saturated carbocycles. The van der Waals surface area contributed by atoms with E-state index in [0.29, 0.717) is 12.1 Å². The molecule has 0 spiro atoms. The van der Waals surface area contributed by atoms with Gasteiger partial charge in [0.15, 0.2) is 30.2 Å². The normalized spacial score (nSPS) is 10.6. The second-order valence-corrected chi connectivity index (χ2v) is 4.65. The lowest BCUT2D eigenvalue weighted by atomic mass is 10.2. The van der Waals surface area contributed by atoms with Gasteiger partial charge < -0.3 is 14.5 Å². The lowest BCUT2D eigenvalue weighted by Gasteiger charge is -2.08. The predicted octanol–water partition coefficient (Wildman–Crippen LogP) is 2.66. The SMILES string of the molecule is O=C(COc1ccccc1F)NCc1ccc2ncoc2c1. The number of benzene rings is 2. The van der Waals surface area contributed by atoms with Crippen molar-refractivity contribution in [1.29, 1.82) is 0 Å². The summed E-state index contributed by atoms with van der Waals surface area (Å²) in [5, 5.41) is 2.70. The van der Waals surface area contributed by atoms with Gasteiger partial charge in [0.1, 0.15) is 5.52 Å². The Morgan fingerprint density at radius 3 is 3.00 bits per heavy atom. The Hall–Kier alpha value is -2.89. The topological polar surface area (TPSA) is 64.4 Å². The van der Waals surface area contributed by atoms with Crippen molar-refractivity contribution in [3.05, 3.63) is 60.2 Å². The molecule has 22 heavy (non-hydrogen) atoms. The summed E-state index contributed by atoms with van der Waals surface area (Å²) in [7, 11) is 0. The molecule has 6 heteroatoms. The van der Waals surface area contributed by atoms with Gasteiger partial charge in [-0.2, -0.15) is 0 Å². The summed E-state index contributed by atoms with van der Waals surface area (Å²) >= 11 is 0. The maximum Gasteiger partial charge on any atom is 0.258 e. The number of amides is 1. The van der Waals surface area contributed by atoms with Crippen LogP contribution >= 0.6 is 0 Å². The molecule has 2 aromatic carbocycles. The molecular weight excluding hydrogens is 287 g/mol. The number of fused-ring (bicyclic) bond motifs is 1. The molecule has 3 aromatic rings. The van der Waals surface area contributed by atoms with Crippen LogP contribution in [0.25, 0.3) is 11.1 Å². The van der Waals surface area contributed by atoms with Crippen LogP contribution in [0.2, 0.25) is 0 Å². The number of nitrogens with zero attached hydrogens (tertiary/aromatic N) is 1. The third kappa shape index (κ3) is 3.22. The van der Waals surface area contributed by atoms with Gasteiger partial charge in [0.2, 0.25) is 0 Å². The number of carbonyl (C=O) groups excluding carboxylic acids is 1. The molecule has 112 valence electrons. The molecule has 0 fully saturated rings. The number of rotatable bonds is 5. The van der Waals surface area contributed by atoms with E-state index < -0.39 is 5.82 Å². The Labute approximate surface area is 125 Å². The molecule has 0 atom stereocenters. The molecule has 1 N–H and O–H groups in total. The van der Waals surface area contributed by atoms with Crippen molar-refractivity contribution in [2.24, 2.45) is 0 Å². The highest BCUT2D eigenvalue weighted by atomic mass is 19.1. The largest absolute Gasteiger partial charge is 0.481 e. The van der Waals surface area contributed by atoms with Gasteiger partial charge in [0, 0.05) is 6.54 Å². The molecule has 0 saturated heterocycles. The number of oxazole rings is 1. The summed E-state index contributed by atoms with van der Waals surface area (Å²) in [5.74, 6) is -0.771. The standard InChI is InChI=1S/C16H13FN2O3/c17-12-3-1-2-4-14(12)21-9-16(20)18-8-11-5-6-13-15(7-11)22-10-19-13/h1-7,10H,8-9H2,(H,18,20). The van der Waals surface area contributed by atoms with Crippen molar-refractivity contribution in [2.75, 3.05) is 6.61 Å². The van der Waals surface area contributed by atoms with Gasteiger partial charge in [0.05, 0.1) is 0 Å². The molecule has 1 amide bonds. The lowest BCUT2D eigenvalue weighted by molar-refractivity contribution is -0.123. The maximum absolute atomic E-state index is 13.3. The van der Waals surface area contributed by atoms with Crippen LogP contribution in [0.1, 0.15) is 5.56 Å². The van der Waals surface area contributed by atoms with Crippen molar-refractivity contribution >= 4 is 17.0 Å². The number of hydrogen-bond donors (Lipinski definition) is 1. The quantitative estimate of drug-likeness (QED) is 0.787. The fourth-order valence-corrected chi connectivity index (χ4v) is 1.97. The molecule has 1 aromatic heterocycles. The number of nitrogens with one attached hydrogen (secondary N) is 1. The Balaban J connectivity index is 1.52. The molecule has 0 bridgehead atoms. The summed E-state index contributed by atoms with van der Waals surface area (Å²) < 4.78 is 23.7. The summed E-state index contributed by atoms with van der Waals surface area (Å²) in [4.78, 5) is 15.7. The molecule has 0 aliphatic carbocycles. The number of carbonyl (C=O) groups is 1. The Morgan fingerprint density at radius 1 is 1.27 bits per heavy atom. The summed E-state index contributed by atoms with van der Waals surface area (Å²) in [6.07, 6.45) is 1.37. The average Bonchev–Trinajstić information content (AvgIpc) is 2.99. The van der Waals surface area contributed by atoms with Crippen molar-refractivity contribution < 1.29 is 18.3 Å². The second kappa shape index (κ2) is 6.26. The van der Waals surface area contributed by atoms with Crippen molar-refractivity contribution in [2.45, 2.75) is 6.54 Å². The van der Waals surface area contributed by atoms with E-state index in [1.165, 1.54) is 18.5 Å². The van der Waals surface area contributed by atoms with Gasteiger partial charge in [-0.1, -0.05) is 18.2 Å². The van der Waals surface area contributed by atoms with Crippen molar-refractivity contribution in [3.8, 4) is 5.75 Å². The van der Waals surface area contributed by atoms with Gasteiger partial charge >= 0.3 is 0 Å². The van der Waals surface area contributed by atoms with Crippen LogP contribution in [0.4, 0.5) is 4.39 Å². The zero-order chi connectivity index (χ0) is 15.4. The van der Waals surface area contributed by atoms with Crippen LogP contribution in [0.5, 0.6) is 5.75 Å². The average molecular weight is 300 g/mol. The minimum absolute atomic E-state index is 0.0562. The monoisotopic (exact) mass is 300 g/mol. The Bertz CT molecular complexity index is 801. The highest BCUT2D eigenvalue weighted by molar-refractivity contribution is 5.78. The molecule has 0 radical (unpaired) electrons. The summed E-state index contributed by atoms with van der Waals surface area (Å²) in [5.41, 5.74) is 2.30. The summed E-state index contributed by atoms with van der Waals surface area (Å²) in [6, 6.07) is 11.4. The molecule has 0 unspecified atom stereocenters. The minimum Gasteiger partial charge on any atom is -0.481 e. The number of hydrogen-bond acceptors (Lipinski definition) is 4. The molecule has 0 aliphatic heterocycles. The highest BCUT2D eigenvalue weighted by Crippen LogP contribution is 2.15. The lowest BCUT2D eigenvalue weighted by Crippen LogP contribution is -2.28. The maximum atomic E-state index is 13.3. The third-order valence-electron chi connectivity index (χ3n) is 3.08. The van der Waals surface area contributed by atoms with Crippen LogP contribution < -0.4 is 10.1 Å². The molecular formula is C16H13FN2O3. The molecule has 0 aliphatic rings. The highest BCUT2D eigenvalue weighted by Gasteiger charge is 2.07. The first-order chi connectivity index (χ1) is 10.7. The number of halogens is 1. The Morgan fingerprint density at radius 2 is 2.14 bits per heavy atom. The third-order valence-corrected chi connectivity index (χ3v) is 3.08. The van der Waals surface area contributed by atoms with Crippen LogP contribution in [0, 0.1) is 5.82 Å². The first kappa shape index (κ1) is 14.1. The van der Waals surface area contributed by atoms with E-state index in [1.807, 2.05) is 12.1 Å². The Kier molecular flexibility index (Phi) is 4.00. The van der Waals surface area contributed by atoms with Crippen molar-refractivity contribution in [3.63, 3.8) is 0 Å². The number of aromatic nitrogens is 1. The molecule has 5 nitrogen and oxygen atoms in total. The van der Waals surface area contributed by atoms with Gasteiger partial charge in [-0.3, -0.25) is 4.79 Å². The van der Waals surface area contributed by atoms with E-state index in [9.17, 15) is 9.18 Å². The van der Waals surface area contributed by atoms with Gasteiger partial charge in [-0.15, -0.1) is 0 Å². The predicted molar refractivity (Wildman–Crippen MR) is 77.8 cm³/mol.